The van der Waals surface area contributed by atoms with Gasteiger partial charge in [-0.3, -0.25) is 14.5 Å². The number of carbonyl (C=O) groups is 2. The number of nitrogens with two attached hydrogens (primary N) is 1. The maximum absolute atomic E-state index is 12.8. The van der Waals surface area contributed by atoms with Gasteiger partial charge in [0.15, 0.2) is 0 Å². The molecule has 150 valence electrons. The van der Waals surface area contributed by atoms with Crippen molar-refractivity contribution in [3.05, 3.63) is 29.8 Å². The van der Waals surface area contributed by atoms with Gasteiger partial charge in [-0.05, 0) is 50.8 Å². The molecule has 3 N–H and O–H groups in total. The van der Waals surface area contributed by atoms with E-state index in [2.05, 4.69) is 24.1 Å². The Bertz CT molecular complexity index is 670. The number of piperidine rings is 1. The Hall–Kier alpha value is -1.92. The van der Waals surface area contributed by atoms with E-state index in [-0.39, 0.29) is 29.3 Å². The molecule has 0 radical (unpaired) electrons. The quantitative estimate of drug-likeness (QED) is 0.802. The van der Waals surface area contributed by atoms with Crippen LogP contribution in [0.2, 0.25) is 0 Å². The van der Waals surface area contributed by atoms with Crippen molar-refractivity contribution < 1.29 is 9.59 Å². The molecule has 1 aliphatic heterocycles. The minimum absolute atomic E-state index is 0.0110. The second-order valence-corrected chi connectivity index (χ2v) is 8.08. The fourth-order valence-electron chi connectivity index (χ4n) is 3.58. The van der Waals surface area contributed by atoms with Crippen LogP contribution in [-0.2, 0) is 4.79 Å². The summed E-state index contributed by atoms with van der Waals surface area (Å²) in [6.07, 6.45) is 0.887. The van der Waals surface area contributed by atoms with Gasteiger partial charge in [-0.15, -0.1) is 0 Å². The van der Waals surface area contributed by atoms with E-state index in [1.807, 2.05) is 26.8 Å². The van der Waals surface area contributed by atoms with Crippen molar-refractivity contribution in [1.82, 2.24) is 9.80 Å². The minimum Gasteiger partial charge on any atom is -0.339 e. The normalized spacial score (nSPS) is 20.7. The van der Waals surface area contributed by atoms with Gasteiger partial charge in [0.2, 0.25) is 5.91 Å². The summed E-state index contributed by atoms with van der Waals surface area (Å²) in [5.41, 5.74) is 7.44. The summed E-state index contributed by atoms with van der Waals surface area (Å²) in [6.45, 7) is 13.1. The van der Waals surface area contributed by atoms with Gasteiger partial charge in [-0.25, -0.2) is 0 Å². The lowest BCUT2D eigenvalue weighted by Crippen LogP contribution is -2.56. The predicted octanol–water partition coefficient (Wildman–Crippen LogP) is 2.55. The van der Waals surface area contributed by atoms with E-state index in [0.717, 1.165) is 19.5 Å². The Labute approximate surface area is 163 Å². The van der Waals surface area contributed by atoms with Crippen molar-refractivity contribution in [3.8, 4) is 0 Å². The third kappa shape index (κ3) is 5.08. The molecule has 0 bridgehead atoms. The van der Waals surface area contributed by atoms with Crippen molar-refractivity contribution >= 4 is 17.5 Å². The number of anilines is 1. The van der Waals surface area contributed by atoms with E-state index in [1.54, 1.807) is 23.1 Å². The lowest BCUT2D eigenvalue weighted by Gasteiger charge is -2.44. The van der Waals surface area contributed by atoms with Crippen molar-refractivity contribution in [2.45, 2.75) is 53.1 Å². The molecule has 2 amide bonds. The number of carbonyl (C=O) groups excluding carboxylic acids is 2. The topological polar surface area (TPSA) is 78.7 Å². The molecule has 0 saturated carbocycles. The number of benzene rings is 1. The minimum atomic E-state index is -0.251. The van der Waals surface area contributed by atoms with Crippen LogP contribution in [0.15, 0.2) is 24.3 Å². The predicted molar refractivity (Wildman–Crippen MR) is 110 cm³/mol. The van der Waals surface area contributed by atoms with Crippen molar-refractivity contribution in [2.24, 2.45) is 11.1 Å². The van der Waals surface area contributed by atoms with Gasteiger partial charge in [0.05, 0.1) is 6.04 Å². The third-order valence-electron chi connectivity index (χ3n) is 5.70. The van der Waals surface area contributed by atoms with E-state index >= 15 is 0 Å². The Kier molecular flexibility index (Phi) is 7.00. The van der Waals surface area contributed by atoms with Crippen LogP contribution in [0.5, 0.6) is 0 Å². The zero-order chi connectivity index (χ0) is 20.2. The molecule has 1 aromatic rings. The Balaban J connectivity index is 2.05. The maximum Gasteiger partial charge on any atom is 0.253 e. The highest BCUT2D eigenvalue weighted by Gasteiger charge is 2.36. The fourth-order valence-corrected chi connectivity index (χ4v) is 3.58. The number of rotatable bonds is 6. The van der Waals surface area contributed by atoms with Crippen molar-refractivity contribution in [3.63, 3.8) is 0 Å². The van der Waals surface area contributed by atoms with E-state index in [4.69, 9.17) is 5.73 Å². The first-order chi connectivity index (χ1) is 12.7. The summed E-state index contributed by atoms with van der Waals surface area (Å²) >= 11 is 0. The highest BCUT2D eigenvalue weighted by Crippen LogP contribution is 2.29. The lowest BCUT2D eigenvalue weighted by atomic mass is 9.79. The Morgan fingerprint density at radius 1 is 1.33 bits per heavy atom. The van der Waals surface area contributed by atoms with Gasteiger partial charge in [-0.2, -0.15) is 0 Å². The van der Waals surface area contributed by atoms with E-state index in [9.17, 15) is 9.59 Å². The number of hydrogen-bond donors (Lipinski definition) is 2. The fraction of sp³-hybridized carbons (Fsp3) is 0.619. The summed E-state index contributed by atoms with van der Waals surface area (Å²) in [5, 5.41) is 2.97. The average molecular weight is 375 g/mol. The van der Waals surface area contributed by atoms with Gasteiger partial charge in [0.1, 0.15) is 0 Å². The summed E-state index contributed by atoms with van der Waals surface area (Å²) in [5.74, 6) is -0.0791. The first-order valence-corrected chi connectivity index (χ1v) is 9.89. The van der Waals surface area contributed by atoms with E-state index in [1.165, 1.54) is 0 Å². The molecule has 1 heterocycles. The molecule has 0 aliphatic carbocycles. The van der Waals surface area contributed by atoms with Gasteiger partial charge in [0, 0.05) is 43.5 Å². The molecule has 0 spiro atoms. The van der Waals surface area contributed by atoms with Gasteiger partial charge >= 0.3 is 0 Å². The molecule has 1 aliphatic rings. The monoisotopic (exact) mass is 374 g/mol. The average Bonchev–Trinajstić information content (AvgIpc) is 2.64. The second-order valence-electron chi connectivity index (χ2n) is 8.08. The molecule has 1 fully saturated rings. The van der Waals surface area contributed by atoms with Crippen LogP contribution >= 0.6 is 0 Å². The highest BCUT2D eigenvalue weighted by atomic mass is 16.2. The summed E-state index contributed by atoms with van der Waals surface area (Å²) < 4.78 is 0. The van der Waals surface area contributed by atoms with Crippen LogP contribution in [0.1, 0.15) is 51.4 Å². The van der Waals surface area contributed by atoms with E-state index < -0.39 is 0 Å². The summed E-state index contributed by atoms with van der Waals surface area (Å²) in [4.78, 5) is 29.2. The number of likely N-dealkylation sites (tertiary alicyclic amines) is 1. The van der Waals surface area contributed by atoms with Gasteiger partial charge < -0.3 is 16.0 Å². The zero-order valence-corrected chi connectivity index (χ0v) is 17.3. The van der Waals surface area contributed by atoms with Crippen LogP contribution in [0.3, 0.4) is 0 Å². The van der Waals surface area contributed by atoms with Crippen molar-refractivity contribution in [1.29, 1.82) is 0 Å². The van der Waals surface area contributed by atoms with E-state index in [0.29, 0.717) is 24.3 Å². The first kappa shape index (κ1) is 21.4. The highest BCUT2D eigenvalue weighted by molar-refractivity contribution is 5.98. The first-order valence-electron chi connectivity index (χ1n) is 9.89. The number of nitrogens with zero attached hydrogens (tertiary/aromatic N) is 2. The number of nitrogens with one attached hydrogen (secondary N) is 1. The van der Waals surface area contributed by atoms with Crippen LogP contribution in [0.25, 0.3) is 0 Å². The number of amides is 2. The van der Waals surface area contributed by atoms with Gasteiger partial charge in [0.25, 0.3) is 5.91 Å². The Morgan fingerprint density at radius 2 is 2.00 bits per heavy atom. The van der Waals surface area contributed by atoms with Crippen LogP contribution in [0.4, 0.5) is 5.69 Å². The maximum atomic E-state index is 12.8. The Morgan fingerprint density at radius 3 is 2.59 bits per heavy atom. The molecule has 2 unspecified atom stereocenters. The molecule has 1 aromatic carbocycles. The zero-order valence-electron chi connectivity index (χ0n) is 17.3. The molecule has 27 heavy (non-hydrogen) atoms. The van der Waals surface area contributed by atoms with Crippen LogP contribution in [0, 0.1) is 5.41 Å². The molecule has 1 saturated heterocycles. The molecular formula is C21H34N4O2. The van der Waals surface area contributed by atoms with Crippen molar-refractivity contribution in [2.75, 3.05) is 31.5 Å². The molecular weight excluding hydrogens is 340 g/mol. The van der Waals surface area contributed by atoms with Crippen LogP contribution in [-0.4, -0.2) is 59.9 Å². The smallest absolute Gasteiger partial charge is 0.253 e. The second kappa shape index (κ2) is 8.85. The lowest BCUT2D eigenvalue weighted by molar-refractivity contribution is -0.122. The molecule has 6 nitrogen and oxygen atoms in total. The molecule has 6 heteroatoms. The third-order valence-corrected chi connectivity index (χ3v) is 5.70. The summed E-state index contributed by atoms with van der Waals surface area (Å²) in [7, 11) is 0. The van der Waals surface area contributed by atoms with Gasteiger partial charge in [-0.1, -0.05) is 19.9 Å². The number of hydrogen-bond acceptors (Lipinski definition) is 4. The standard InChI is InChI=1S/C21H34N4O2/c1-6-24(7-2)20(27)16-9-8-10-17(13-16)23-19(26)15(3)25-12-11-18(22)21(4,5)14-25/h8-10,13,15,18H,6-7,11-12,14,22H2,1-5H3,(H,23,26). The van der Waals surface area contributed by atoms with Crippen LogP contribution < -0.4 is 11.1 Å². The summed E-state index contributed by atoms with van der Waals surface area (Å²) in [6, 6.07) is 7.07. The SMILES string of the molecule is CCN(CC)C(=O)c1cccc(NC(=O)C(C)N2CCC(N)C(C)(C)C2)c1. The largest absolute Gasteiger partial charge is 0.339 e. The molecule has 0 aromatic heterocycles. The molecule has 2 rings (SSSR count). The molecule has 2 atom stereocenters.